The molecule has 0 amide bonds. The highest BCUT2D eigenvalue weighted by atomic mass is 19.1. The summed E-state index contributed by atoms with van der Waals surface area (Å²) in [6, 6.07) is 19.7. The smallest absolute Gasteiger partial charge is 0.128 e. The van der Waals surface area contributed by atoms with E-state index in [4.69, 9.17) is 15.2 Å². The summed E-state index contributed by atoms with van der Waals surface area (Å²) in [5.41, 5.74) is 9.91. The van der Waals surface area contributed by atoms with Crippen molar-refractivity contribution >= 4 is 0 Å². The minimum absolute atomic E-state index is 0.177. The zero-order valence-electron chi connectivity index (χ0n) is 21.4. The third-order valence-corrected chi connectivity index (χ3v) is 6.86. The van der Waals surface area contributed by atoms with Crippen LogP contribution in [0.1, 0.15) is 31.9 Å². The van der Waals surface area contributed by atoms with Crippen molar-refractivity contribution in [2.75, 3.05) is 19.8 Å². The second-order valence-corrected chi connectivity index (χ2v) is 10.4. The number of β-amino-alcohol motifs (C(OH)–C–C–N with tert-alkyl or cyclic N) is 1. The second kappa shape index (κ2) is 11.4. The highest BCUT2D eigenvalue weighted by molar-refractivity contribution is 5.47. The molecule has 1 aliphatic carbocycles. The third kappa shape index (κ3) is 6.06. The van der Waals surface area contributed by atoms with E-state index >= 15 is 0 Å². The number of nitrogens with zero attached hydrogens (tertiary/aromatic N) is 1. The Labute approximate surface area is 213 Å². The Kier molecular flexibility index (Phi) is 8.29. The van der Waals surface area contributed by atoms with Crippen molar-refractivity contribution in [2.45, 2.75) is 46.1 Å². The van der Waals surface area contributed by atoms with Crippen molar-refractivity contribution in [2.24, 2.45) is 17.1 Å². The quantitative estimate of drug-likeness (QED) is 0.457. The minimum atomic E-state index is -0.740. The maximum Gasteiger partial charge on any atom is 0.128 e. The van der Waals surface area contributed by atoms with Crippen molar-refractivity contribution in [3.63, 3.8) is 0 Å². The fourth-order valence-electron chi connectivity index (χ4n) is 5.03. The molecule has 1 heterocycles. The van der Waals surface area contributed by atoms with E-state index in [2.05, 4.69) is 24.8 Å². The number of fused-ring (bicyclic) bond motifs is 1. The van der Waals surface area contributed by atoms with Crippen LogP contribution in [0.4, 0.5) is 4.39 Å². The lowest BCUT2D eigenvalue weighted by molar-refractivity contribution is 0.000345. The van der Waals surface area contributed by atoms with Crippen LogP contribution in [0.5, 0.6) is 0 Å². The molecule has 5 nitrogen and oxygen atoms in total. The van der Waals surface area contributed by atoms with E-state index < -0.39 is 12.0 Å². The molecule has 2 unspecified atom stereocenters. The van der Waals surface area contributed by atoms with E-state index in [1.54, 1.807) is 6.08 Å². The molecule has 3 N–H and O–H groups in total. The van der Waals surface area contributed by atoms with Crippen molar-refractivity contribution in [3.05, 3.63) is 107 Å². The number of ether oxygens (including phenoxy) is 2. The number of nitrogens with two attached hydrogens (primary N) is 1. The van der Waals surface area contributed by atoms with E-state index in [1.807, 2.05) is 67.6 Å². The standard InChI is InChI=1S/C30H37FN2O3/c1-21-28(31)26(32)14-24-15-27(30(2,3)20-36-18-23-12-8-5-9-13-23)33(29(21)24)16-25(34)19-35-17-22-10-6-4-7-11-22/h4-15,21,25,29,34H,16-20,32H2,1-3H3/t21?,25-,29?/m1/s1. The summed E-state index contributed by atoms with van der Waals surface area (Å²) in [6.45, 7) is 8.00. The lowest BCUT2D eigenvalue weighted by atomic mass is 9.88. The zero-order chi connectivity index (χ0) is 25.7. The number of allylic oxidation sites excluding steroid dienone is 1. The van der Waals surface area contributed by atoms with Gasteiger partial charge in [-0.05, 0) is 28.9 Å². The number of hydrogen-bond acceptors (Lipinski definition) is 5. The molecular weight excluding hydrogens is 455 g/mol. The third-order valence-electron chi connectivity index (χ3n) is 6.86. The number of benzene rings is 2. The van der Waals surface area contributed by atoms with Gasteiger partial charge in [0, 0.05) is 23.6 Å². The molecule has 0 saturated heterocycles. The van der Waals surface area contributed by atoms with Gasteiger partial charge in [0.25, 0.3) is 0 Å². The number of halogens is 1. The molecule has 6 heteroatoms. The van der Waals surface area contributed by atoms with Gasteiger partial charge in [-0.3, -0.25) is 0 Å². The Morgan fingerprint density at radius 3 is 2.17 bits per heavy atom. The van der Waals surface area contributed by atoms with Gasteiger partial charge in [-0.2, -0.15) is 0 Å². The number of aliphatic hydroxyl groups is 1. The van der Waals surface area contributed by atoms with Gasteiger partial charge in [0.2, 0.25) is 0 Å². The highest BCUT2D eigenvalue weighted by Gasteiger charge is 2.44. The van der Waals surface area contributed by atoms with Crippen LogP contribution in [-0.2, 0) is 22.7 Å². The Morgan fingerprint density at radius 2 is 1.56 bits per heavy atom. The Bertz CT molecular complexity index is 1110. The first kappa shape index (κ1) is 26.1. The summed E-state index contributed by atoms with van der Waals surface area (Å²) in [4.78, 5) is 2.12. The summed E-state index contributed by atoms with van der Waals surface area (Å²) in [5, 5.41) is 10.9. The summed E-state index contributed by atoms with van der Waals surface area (Å²) >= 11 is 0. The molecule has 3 atom stereocenters. The Morgan fingerprint density at radius 1 is 0.972 bits per heavy atom. The molecule has 2 aliphatic rings. The van der Waals surface area contributed by atoms with E-state index in [0.29, 0.717) is 26.4 Å². The monoisotopic (exact) mass is 492 g/mol. The maximum absolute atomic E-state index is 14.9. The van der Waals surface area contributed by atoms with Gasteiger partial charge in [0.05, 0.1) is 44.3 Å². The molecule has 2 aromatic carbocycles. The van der Waals surface area contributed by atoms with Crippen LogP contribution in [0.3, 0.4) is 0 Å². The fraction of sp³-hybridized carbons (Fsp3) is 0.400. The average Bonchev–Trinajstić information content (AvgIpc) is 3.22. The van der Waals surface area contributed by atoms with Gasteiger partial charge in [0.15, 0.2) is 0 Å². The highest BCUT2D eigenvalue weighted by Crippen LogP contribution is 2.45. The largest absolute Gasteiger partial charge is 0.397 e. The van der Waals surface area contributed by atoms with Gasteiger partial charge in [-0.1, -0.05) is 81.4 Å². The van der Waals surface area contributed by atoms with E-state index in [1.165, 1.54) is 0 Å². The summed E-state index contributed by atoms with van der Waals surface area (Å²) in [5.74, 6) is -0.728. The topological polar surface area (TPSA) is 68.0 Å². The van der Waals surface area contributed by atoms with Gasteiger partial charge in [0.1, 0.15) is 5.83 Å². The molecule has 0 radical (unpaired) electrons. The van der Waals surface area contributed by atoms with Crippen molar-refractivity contribution in [1.82, 2.24) is 4.90 Å². The van der Waals surface area contributed by atoms with Crippen LogP contribution in [0.25, 0.3) is 0 Å². The molecule has 0 aromatic heterocycles. The first-order valence-electron chi connectivity index (χ1n) is 12.5. The first-order chi connectivity index (χ1) is 17.3. The SMILES string of the molecule is CC1C(F)=C(N)C=C2C=C(C(C)(C)COCc3ccccc3)N(C[C@@H](O)COCc3ccccc3)C21. The second-order valence-electron chi connectivity index (χ2n) is 10.4. The maximum atomic E-state index is 14.9. The molecule has 0 fully saturated rings. The van der Waals surface area contributed by atoms with Gasteiger partial charge >= 0.3 is 0 Å². The predicted octanol–water partition coefficient (Wildman–Crippen LogP) is 5.09. The van der Waals surface area contributed by atoms with E-state index in [-0.39, 0.29) is 29.6 Å². The van der Waals surface area contributed by atoms with Crippen LogP contribution >= 0.6 is 0 Å². The van der Waals surface area contributed by atoms with Crippen molar-refractivity contribution in [1.29, 1.82) is 0 Å². The van der Waals surface area contributed by atoms with Crippen LogP contribution < -0.4 is 5.73 Å². The summed E-state index contributed by atoms with van der Waals surface area (Å²) in [6.07, 6.45) is 3.07. The molecule has 192 valence electrons. The Hall–Kier alpha value is -2.93. The molecule has 36 heavy (non-hydrogen) atoms. The molecule has 2 aromatic rings. The average molecular weight is 493 g/mol. The number of hydrogen-bond donors (Lipinski definition) is 2. The lowest BCUT2D eigenvalue weighted by Crippen LogP contribution is -2.46. The van der Waals surface area contributed by atoms with E-state index in [0.717, 1.165) is 22.4 Å². The van der Waals surface area contributed by atoms with Crippen LogP contribution in [0.15, 0.2) is 95.6 Å². The normalized spacial score (nSPS) is 20.8. The van der Waals surface area contributed by atoms with Crippen LogP contribution in [-0.4, -0.2) is 41.9 Å². The molecule has 1 aliphatic heterocycles. The van der Waals surface area contributed by atoms with Crippen molar-refractivity contribution in [3.8, 4) is 0 Å². The zero-order valence-corrected chi connectivity index (χ0v) is 21.4. The fourth-order valence-corrected chi connectivity index (χ4v) is 5.03. The molecule has 4 rings (SSSR count). The van der Waals surface area contributed by atoms with Crippen LogP contribution in [0, 0.1) is 11.3 Å². The lowest BCUT2D eigenvalue weighted by Gasteiger charge is -2.41. The van der Waals surface area contributed by atoms with Crippen molar-refractivity contribution < 1.29 is 19.0 Å². The van der Waals surface area contributed by atoms with E-state index in [9.17, 15) is 9.50 Å². The van der Waals surface area contributed by atoms with Gasteiger partial charge in [-0.15, -0.1) is 0 Å². The Balaban J connectivity index is 1.46. The minimum Gasteiger partial charge on any atom is -0.397 e. The number of rotatable bonds is 11. The molecule has 0 spiro atoms. The molecule has 0 saturated carbocycles. The number of aliphatic hydroxyl groups excluding tert-OH is 1. The van der Waals surface area contributed by atoms with Gasteiger partial charge < -0.3 is 25.2 Å². The molecular formula is C30H37FN2O3. The summed E-state index contributed by atoms with van der Waals surface area (Å²) in [7, 11) is 0. The van der Waals surface area contributed by atoms with Gasteiger partial charge in [-0.25, -0.2) is 4.39 Å². The van der Waals surface area contributed by atoms with Crippen LogP contribution in [0.2, 0.25) is 0 Å². The predicted molar refractivity (Wildman–Crippen MR) is 140 cm³/mol. The molecule has 0 bridgehead atoms. The first-order valence-corrected chi connectivity index (χ1v) is 12.5. The summed E-state index contributed by atoms with van der Waals surface area (Å²) < 4.78 is 26.8.